The second kappa shape index (κ2) is 7.93. The maximum Gasteiger partial charge on any atom is 0.238 e. The fraction of sp³-hybridized carbons (Fsp3) is 0.263. The Kier molecular flexibility index (Phi) is 5.66. The Hall–Kier alpha value is -1.98. The SMILES string of the molecule is CC[C@H](NC(=O)C[C@H]1Sc2ccccc2NC1=O)c1ccc(Cl)cc1. The van der Waals surface area contributed by atoms with Gasteiger partial charge in [-0.05, 0) is 36.2 Å². The molecule has 1 heterocycles. The Balaban J connectivity index is 1.64. The Morgan fingerprint density at radius 3 is 2.68 bits per heavy atom. The number of hydrogen-bond acceptors (Lipinski definition) is 3. The maximum atomic E-state index is 12.4. The van der Waals surface area contributed by atoms with Crippen molar-refractivity contribution in [1.29, 1.82) is 0 Å². The molecule has 25 heavy (non-hydrogen) atoms. The summed E-state index contributed by atoms with van der Waals surface area (Å²) < 4.78 is 0. The molecular formula is C19H19ClN2O2S. The first-order chi connectivity index (χ1) is 12.1. The molecule has 1 aliphatic heterocycles. The number of fused-ring (bicyclic) bond motifs is 1. The number of carbonyl (C=O) groups excluding carboxylic acids is 2. The van der Waals surface area contributed by atoms with Crippen molar-refractivity contribution in [2.45, 2.75) is 36.0 Å². The predicted molar refractivity (Wildman–Crippen MR) is 102 cm³/mol. The monoisotopic (exact) mass is 374 g/mol. The zero-order valence-corrected chi connectivity index (χ0v) is 15.4. The van der Waals surface area contributed by atoms with Crippen LogP contribution >= 0.6 is 23.4 Å². The van der Waals surface area contributed by atoms with E-state index in [1.165, 1.54) is 11.8 Å². The molecule has 4 nitrogen and oxygen atoms in total. The topological polar surface area (TPSA) is 58.2 Å². The lowest BCUT2D eigenvalue weighted by atomic mass is 10.0. The average molecular weight is 375 g/mol. The van der Waals surface area contributed by atoms with Gasteiger partial charge in [-0.25, -0.2) is 0 Å². The minimum absolute atomic E-state index is 0.0892. The van der Waals surface area contributed by atoms with Gasteiger partial charge in [-0.3, -0.25) is 9.59 Å². The van der Waals surface area contributed by atoms with Crippen molar-refractivity contribution in [3.05, 3.63) is 59.1 Å². The molecule has 2 amide bonds. The molecule has 0 aliphatic carbocycles. The van der Waals surface area contributed by atoms with Crippen LogP contribution in [0, 0.1) is 0 Å². The maximum absolute atomic E-state index is 12.4. The number of anilines is 1. The van der Waals surface area contributed by atoms with Crippen molar-refractivity contribution in [1.82, 2.24) is 5.32 Å². The van der Waals surface area contributed by atoms with Crippen LogP contribution in [0.5, 0.6) is 0 Å². The highest BCUT2D eigenvalue weighted by molar-refractivity contribution is 8.01. The first-order valence-electron chi connectivity index (χ1n) is 8.18. The fourth-order valence-corrected chi connectivity index (χ4v) is 4.00. The zero-order valence-electron chi connectivity index (χ0n) is 13.8. The van der Waals surface area contributed by atoms with Crippen LogP contribution in [0.4, 0.5) is 5.69 Å². The van der Waals surface area contributed by atoms with Gasteiger partial charge in [0.1, 0.15) is 0 Å². The van der Waals surface area contributed by atoms with E-state index in [0.29, 0.717) is 5.02 Å². The number of hydrogen-bond donors (Lipinski definition) is 2. The third kappa shape index (κ3) is 4.35. The minimum Gasteiger partial charge on any atom is -0.349 e. The molecule has 2 aromatic carbocycles. The molecule has 130 valence electrons. The van der Waals surface area contributed by atoms with Crippen LogP contribution in [-0.4, -0.2) is 17.1 Å². The highest BCUT2D eigenvalue weighted by Gasteiger charge is 2.29. The van der Waals surface area contributed by atoms with E-state index in [-0.39, 0.29) is 24.3 Å². The van der Waals surface area contributed by atoms with Crippen molar-refractivity contribution >= 4 is 40.9 Å². The van der Waals surface area contributed by atoms with E-state index in [1.807, 2.05) is 55.5 Å². The Morgan fingerprint density at radius 1 is 1.24 bits per heavy atom. The van der Waals surface area contributed by atoms with Crippen LogP contribution in [0.15, 0.2) is 53.4 Å². The number of benzene rings is 2. The number of thioether (sulfide) groups is 1. The lowest BCUT2D eigenvalue weighted by Gasteiger charge is -2.24. The number of rotatable bonds is 5. The van der Waals surface area contributed by atoms with Gasteiger partial charge in [-0.15, -0.1) is 11.8 Å². The van der Waals surface area contributed by atoms with Gasteiger partial charge in [0.15, 0.2) is 0 Å². The van der Waals surface area contributed by atoms with E-state index in [0.717, 1.165) is 22.6 Å². The quantitative estimate of drug-likeness (QED) is 0.814. The predicted octanol–water partition coefficient (Wildman–Crippen LogP) is 4.41. The molecule has 1 aliphatic rings. The van der Waals surface area contributed by atoms with Crippen molar-refractivity contribution in [2.75, 3.05) is 5.32 Å². The Morgan fingerprint density at radius 2 is 1.96 bits per heavy atom. The first kappa shape index (κ1) is 17.8. The van der Waals surface area contributed by atoms with E-state index >= 15 is 0 Å². The summed E-state index contributed by atoms with van der Waals surface area (Å²) in [5.74, 6) is -0.257. The molecule has 0 saturated carbocycles. The molecule has 0 saturated heterocycles. The highest BCUT2D eigenvalue weighted by Crippen LogP contribution is 2.36. The minimum atomic E-state index is -0.419. The van der Waals surface area contributed by atoms with Crippen LogP contribution in [0.1, 0.15) is 31.4 Å². The Bertz CT molecular complexity index is 779. The summed E-state index contributed by atoms with van der Waals surface area (Å²) in [6.45, 7) is 2.01. The van der Waals surface area contributed by atoms with Crippen molar-refractivity contribution in [2.24, 2.45) is 0 Å². The molecule has 0 fully saturated rings. The van der Waals surface area contributed by atoms with E-state index in [1.54, 1.807) is 0 Å². The smallest absolute Gasteiger partial charge is 0.238 e. The van der Waals surface area contributed by atoms with Gasteiger partial charge in [0.25, 0.3) is 0 Å². The van der Waals surface area contributed by atoms with E-state index in [2.05, 4.69) is 10.6 Å². The second-order valence-electron chi connectivity index (χ2n) is 5.88. The van der Waals surface area contributed by atoms with Crippen LogP contribution < -0.4 is 10.6 Å². The molecule has 0 radical (unpaired) electrons. The molecule has 2 N–H and O–H groups in total. The van der Waals surface area contributed by atoms with E-state index < -0.39 is 5.25 Å². The van der Waals surface area contributed by atoms with Gasteiger partial charge in [-0.1, -0.05) is 42.8 Å². The molecule has 3 rings (SSSR count). The zero-order chi connectivity index (χ0) is 17.8. The number of amides is 2. The standard InChI is InChI=1S/C19H19ClN2O2S/c1-2-14(12-7-9-13(20)10-8-12)21-18(23)11-17-19(24)22-15-5-3-4-6-16(15)25-17/h3-10,14,17H,2,11H2,1H3,(H,21,23)(H,22,24)/t14-,17+/m0/s1. The third-order valence-corrected chi connectivity index (χ3v) is 5.62. The molecule has 0 bridgehead atoms. The van der Waals surface area contributed by atoms with Crippen molar-refractivity contribution in [3.63, 3.8) is 0 Å². The van der Waals surface area contributed by atoms with Gasteiger partial charge < -0.3 is 10.6 Å². The van der Waals surface area contributed by atoms with Crippen LogP contribution in [0.25, 0.3) is 0 Å². The summed E-state index contributed by atoms with van der Waals surface area (Å²) in [5, 5.41) is 6.13. The second-order valence-corrected chi connectivity index (χ2v) is 7.56. The molecule has 0 unspecified atom stereocenters. The molecule has 2 aromatic rings. The van der Waals surface area contributed by atoms with Gasteiger partial charge in [-0.2, -0.15) is 0 Å². The van der Waals surface area contributed by atoms with Crippen LogP contribution in [-0.2, 0) is 9.59 Å². The first-order valence-corrected chi connectivity index (χ1v) is 9.44. The summed E-state index contributed by atoms with van der Waals surface area (Å²) in [4.78, 5) is 25.7. The van der Waals surface area contributed by atoms with E-state index in [9.17, 15) is 9.59 Å². The largest absolute Gasteiger partial charge is 0.349 e. The third-order valence-electron chi connectivity index (χ3n) is 4.09. The molecule has 6 heteroatoms. The van der Waals surface area contributed by atoms with E-state index in [4.69, 9.17) is 11.6 Å². The number of halogens is 1. The molecule has 0 spiro atoms. The summed E-state index contributed by atoms with van der Waals surface area (Å²) >= 11 is 7.35. The number of nitrogens with one attached hydrogen (secondary N) is 2. The highest BCUT2D eigenvalue weighted by atomic mass is 35.5. The molecule has 2 atom stereocenters. The van der Waals surface area contributed by atoms with Gasteiger partial charge in [0, 0.05) is 16.3 Å². The van der Waals surface area contributed by atoms with Gasteiger partial charge >= 0.3 is 0 Å². The van der Waals surface area contributed by atoms with Gasteiger partial charge in [0.05, 0.1) is 17.0 Å². The average Bonchev–Trinajstić information content (AvgIpc) is 2.61. The lowest BCUT2D eigenvalue weighted by molar-refractivity contribution is -0.124. The van der Waals surface area contributed by atoms with Crippen LogP contribution in [0.3, 0.4) is 0 Å². The summed E-state index contributed by atoms with van der Waals surface area (Å²) in [7, 11) is 0. The summed E-state index contributed by atoms with van der Waals surface area (Å²) in [6.07, 6.45) is 0.912. The molecule has 0 aromatic heterocycles. The van der Waals surface area contributed by atoms with Crippen LogP contribution in [0.2, 0.25) is 5.02 Å². The summed E-state index contributed by atoms with van der Waals surface area (Å²) in [6, 6.07) is 15.0. The molecular weight excluding hydrogens is 356 g/mol. The summed E-state index contributed by atoms with van der Waals surface area (Å²) in [5.41, 5.74) is 1.81. The van der Waals surface area contributed by atoms with Crippen molar-refractivity contribution < 1.29 is 9.59 Å². The van der Waals surface area contributed by atoms with Gasteiger partial charge in [0.2, 0.25) is 11.8 Å². The number of carbonyl (C=O) groups is 2. The Labute approximate surface area is 156 Å². The number of para-hydroxylation sites is 1. The normalized spacial score (nSPS) is 17.4. The van der Waals surface area contributed by atoms with Crippen molar-refractivity contribution in [3.8, 4) is 0 Å². The fourth-order valence-electron chi connectivity index (χ4n) is 2.76. The lowest BCUT2D eigenvalue weighted by Crippen LogP contribution is -2.36.